The molecule has 1 aromatic rings. The lowest BCUT2D eigenvalue weighted by Crippen LogP contribution is -2.28. The number of nitrogens with one attached hydrogen (secondary N) is 1. The van der Waals surface area contributed by atoms with Gasteiger partial charge in [0.2, 0.25) is 0 Å². The first-order valence-electron chi connectivity index (χ1n) is 4.96. The summed E-state index contributed by atoms with van der Waals surface area (Å²) in [6.07, 6.45) is -0.593. The second-order valence-electron chi connectivity index (χ2n) is 3.32. The normalized spacial score (nSPS) is 11.9. The van der Waals surface area contributed by atoms with Crippen LogP contribution in [-0.2, 0) is 4.74 Å². The van der Waals surface area contributed by atoms with Gasteiger partial charge in [-0.1, -0.05) is 12.1 Å². The molecular weight excluding hydrogens is 210 g/mol. The summed E-state index contributed by atoms with van der Waals surface area (Å²) in [5.74, 6) is 0.148. The van der Waals surface area contributed by atoms with Crippen LogP contribution in [0.4, 0.5) is 4.79 Å². The van der Waals surface area contributed by atoms with Crippen LogP contribution in [0.25, 0.3) is 0 Å². The van der Waals surface area contributed by atoms with Crippen molar-refractivity contribution in [2.75, 3.05) is 13.2 Å². The van der Waals surface area contributed by atoms with Gasteiger partial charge in [0.15, 0.2) is 0 Å². The number of carbonyl (C=O) groups excluding carboxylic acids is 1. The highest BCUT2D eigenvalue weighted by atomic mass is 16.6. The number of carbonyl (C=O) groups is 1. The lowest BCUT2D eigenvalue weighted by atomic mass is 10.1. The molecule has 3 N–H and O–H groups in total. The third-order valence-electron chi connectivity index (χ3n) is 2.03. The molecule has 0 fully saturated rings. The van der Waals surface area contributed by atoms with Crippen molar-refractivity contribution in [3.63, 3.8) is 0 Å². The van der Waals surface area contributed by atoms with E-state index in [1.54, 1.807) is 31.2 Å². The van der Waals surface area contributed by atoms with Crippen LogP contribution >= 0.6 is 0 Å². The van der Waals surface area contributed by atoms with Crippen LogP contribution in [0, 0.1) is 0 Å². The highest BCUT2D eigenvalue weighted by Gasteiger charge is 2.10. The van der Waals surface area contributed by atoms with Gasteiger partial charge in [-0.15, -0.1) is 0 Å². The summed E-state index contributed by atoms with van der Waals surface area (Å²) in [6.45, 7) is 1.54. The maximum absolute atomic E-state index is 11.2. The van der Waals surface area contributed by atoms with E-state index in [0.29, 0.717) is 0 Å². The number of aliphatic hydroxyl groups excluding tert-OH is 1. The zero-order chi connectivity index (χ0) is 12.0. The van der Waals surface area contributed by atoms with Crippen molar-refractivity contribution in [3.8, 4) is 5.75 Å². The van der Waals surface area contributed by atoms with Gasteiger partial charge in [0.1, 0.15) is 12.4 Å². The molecule has 0 aromatic heterocycles. The lowest BCUT2D eigenvalue weighted by molar-refractivity contribution is 0.116. The molecule has 1 amide bonds. The number of alkyl carbamates (subject to hydrolysis) is 1. The van der Waals surface area contributed by atoms with Crippen molar-refractivity contribution in [2.45, 2.75) is 13.0 Å². The number of phenolic OH excluding ortho intramolecular Hbond substituents is 1. The minimum atomic E-state index is -0.593. The van der Waals surface area contributed by atoms with E-state index in [1.165, 1.54) is 0 Å². The number of benzene rings is 1. The van der Waals surface area contributed by atoms with E-state index in [0.717, 1.165) is 5.56 Å². The number of amides is 1. The van der Waals surface area contributed by atoms with E-state index in [4.69, 9.17) is 5.11 Å². The molecule has 0 radical (unpaired) electrons. The highest BCUT2D eigenvalue weighted by molar-refractivity contribution is 5.67. The van der Waals surface area contributed by atoms with Gasteiger partial charge in [-0.2, -0.15) is 0 Å². The lowest BCUT2D eigenvalue weighted by Gasteiger charge is -2.14. The molecule has 0 heterocycles. The average Bonchev–Trinajstić information content (AvgIpc) is 2.26. The summed E-state index contributed by atoms with van der Waals surface area (Å²) in [6, 6.07) is 6.34. The molecule has 0 spiro atoms. The molecule has 1 aromatic carbocycles. The van der Waals surface area contributed by atoms with Crippen LogP contribution in [-0.4, -0.2) is 29.5 Å². The fourth-order valence-corrected chi connectivity index (χ4v) is 1.23. The maximum Gasteiger partial charge on any atom is 0.407 e. The predicted molar refractivity (Wildman–Crippen MR) is 58.1 cm³/mol. The highest BCUT2D eigenvalue weighted by Crippen LogP contribution is 2.17. The monoisotopic (exact) mass is 225 g/mol. The quantitative estimate of drug-likeness (QED) is 0.718. The predicted octanol–water partition coefficient (Wildman–Crippen LogP) is 1.17. The zero-order valence-corrected chi connectivity index (χ0v) is 9.01. The minimum Gasteiger partial charge on any atom is -0.508 e. The zero-order valence-electron chi connectivity index (χ0n) is 9.01. The molecule has 88 valence electrons. The van der Waals surface area contributed by atoms with Gasteiger partial charge in [0.05, 0.1) is 12.6 Å². The Morgan fingerprint density at radius 2 is 2.31 bits per heavy atom. The van der Waals surface area contributed by atoms with Crippen LogP contribution in [0.3, 0.4) is 0 Å². The minimum absolute atomic E-state index is 0.0292. The van der Waals surface area contributed by atoms with Crippen LogP contribution in [0.15, 0.2) is 24.3 Å². The number of phenols is 1. The van der Waals surface area contributed by atoms with Crippen molar-refractivity contribution in [1.29, 1.82) is 0 Å². The molecule has 1 atom stereocenters. The first-order valence-corrected chi connectivity index (χ1v) is 4.96. The number of aliphatic hydroxyl groups is 1. The Morgan fingerprint density at radius 3 is 2.94 bits per heavy atom. The Labute approximate surface area is 93.7 Å². The van der Waals surface area contributed by atoms with E-state index < -0.39 is 6.09 Å². The SMILES string of the molecule is CC(NC(=O)OCCO)c1cccc(O)c1. The van der Waals surface area contributed by atoms with E-state index in [1.807, 2.05) is 0 Å². The van der Waals surface area contributed by atoms with Crippen molar-refractivity contribution in [1.82, 2.24) is 5.32 Å². The Kier molecular flexibility index (Phi) is 4.60. The van der Waals surface area contributed by atoms with Crippen LogP contribution in [0.5, 0.6) is 5.75 Å². The molecule has 0 bridgehead atoms. The number of ether oxygens (including phenoxy) is 1. The van der Waals surface area contributed by atoms with Crippen molar-refractivity contribution in [3.05, 3.63) is 29.8 Å². The summed E-state index contributed by atoms with van der Waals surface area (Å²) in [5.41, 5.74) is 0.779. The van der Waals surface area contributed by atoms with E-state index in [-0.39, 0.29) is 25.0 Å². The van der Waals surface area contributed by atoms with E-state index in [9.17, 15) is 9.90 Å². The van der Waals surface area contributed by atoms with Gasteiger partial charge < -0.3 is 20.3 Å². The Hall–Kier alpha value is -1.75. The number of aromatic hydroxyl groups is 1. The van der Waals surface area contributed by atoms with E-state index >= 15 is 0 Å². The molecule has 0 aliphatic rings. The van der Waals surface area contributed by atoms with Gasteiger partial charge in [-0.25, -0.2) is 4.79 Å². The van der Waals surface area contributed by atoms with Crippen molar-refractivity contribution >= 4 is 6.09 Å². The van der Waals surface area contributed by atoms with Gasteiger partial charge in [0, 0.05) is 0 Å². The molecule has 1 unspecified atom stereocenters. The number of hydrogen-bond donors (Lipinski definition) is 3. The molecule has 16 heavy (non-hydrogen) atoms. The summed E-state index contributed by atoms with van der Waals surface area (Å²) in [5, 5.41) is 20.3. The standard InChI is InChI=1S/C11H15NO4/c1-8(12-11(15)16-6-5-13)9-3-2-4-10(14)7-9/h2-4,7-8,13-14H,5-6H2,1H3,(H,12,15). The first kappa shape index (κ1) is 12.3. The summed E-state index contributed by atoms with van der Waals surface area (Å²) in [4.78, 5) is 11.2. The molecule has 0 saturated carbocycles. The third-order valence-corrected chi connectivity index (χ3v) is 2.03. The second-order valence-corrected chi connectivity index (χ2v) is 3.32. The number of rotatable bonds is 4. The van der Waals surface area contributed by atoms with Crippen LogP contribution < -0.4 is 5.32 Å². The second kappa shape index (κ2) is 5.97. The molecular formula is C11H15NO4. The largest absolute Gasteiger partial charge is 0.508 e. The Morgan fingerprint density at radius 1 is 1.56 bits per heavy atom. The smallest absolute Gasteiger partial charge is 0.407 e. The fourth-order valence-electron chi connectivity index (χ4n) is 1.23. The molecule has 0 aliphatic heterocycles. The molecule has 1 rings (SSSR count). The first-order chi connectivity index (χ1) is 7.63. The van der Waals surface area contributed by atoms with Gasteiger partial charge >= 0.3 is 6.09 Å². The summed E-state index contributed by atoms with van der Waals surface area (Å²) in [7, 11) is 0. The molecule has 0 aliphatic carbocycles. The fraction of sp³-hybridized carbons (Fsp3) is 0.364. The topological polar surface area (TPSA) is 78.8 Å². The molecule has 0 saturated heterocycles. The molecule has 5 nitrogen and oxygen atoms in total. The van der Waals surface area contributed by atoms with Gasteiger partial charge in [0.25, 0.3) is 0 Å². The Bertz CT molecular complexity index is 354. The van der Waals surface area contributed by atoms with Crippen molar-refractivity contribution in [2.24, 2.45) is 0 Å². The average molecular weight is 225 g/mol. The molecule has 5 heteroatoms. The third kappa shape index (κ3) is 3.78. The van der Waals surface area contributed by atoms with Gasteiger partial charge in [-0.05, 0) is 24.6 Å². The van der Waals surface area contributed by atoms with Crippen molar-refractivity contribution < 1.29 is 19.7 Å². The summed E-state index contributed by atoms with van der Waals surface area (Å²) < 4.78 is 4.65. The Balaban J connectivity index is 2.52. The van der Waals surface area contributed by atoms with Crippen LogP contribution in [0.2, 0.25) is 0 Å². The maximum atomic E-state index is 11.2. The number of hydrogen-bond acceptors (Lipinski definition) is 4. The summed E-state index contributed by atoms with van der Waals surface area (Å²) >= 11 is 0. The van der Waals surface area contributed by atoms with Crippen LogP contribution in [0.1, 0.15) is 18.5 Å². The van der Waals surface area contributed by atoms with Gasteiger partial charge in [-0.3, -0.25) is 0 Å². The van der Waals surface area contributed by atoms with E-state index in [2.05, 4.69) is 10.1 Å².